The van der Waals surface area contributed by atoms with E-state index >= 15 is 0 Å². The Morgan fingerprint density at radius 3 is 2.50 bits per heavy atom. The van der Waals surface area contributed by atoms with Crippen LogP contribution in [0.3, 0.4) is 0 Å². The van der Waals surface area contributed by atoms with Crippen molar-refractivity contribution in [1.29, 1.82) is 0 Å². The first-order valence-electron chi connectivity index (χ1n) is 8.86. The highest BCUT2D eigenvalue weighted by Gasteiger charge is 2.42. The first-order valence-corrected chi connectivity index (χ1v) is 8.86. The predicted octanol–water partition coefficient (Wildman–Crippen LogP) is 1.76. The smallest absolute Gasteiger partial charge is 0.309 e. The molecule has 2 aliphatic rings. The maximum absolute atomic E-state index is 12.3. The minimum Gasteiger partial charge on any atom is -0.461 e. The first-order chi connectivity index (χ1) is 11.7. The van der Waals surface area contributed by atoms with Gasteiger partial charge in [0, 0.05) is 26.2 Å². The van der Waals surface area contributed by atoms with Crippen LogP contribution in [-0.2, 0) is 20.9 Å². The number of esters is 1. The molecule has 0 amide bonds. The maximum atomic E-state index is 12.3. The third kappa shape index (κ3) is 3.84. The third-order valence-corrected chi connectivity index (χ3v) is 5.37. The molecule has 0 spiro atoms. The van der Waals surface area contributed by atoms with Crippen molar-refractivity contribution >= 4 is 12.3 Å². The monoisotopic (exact) mass is 330 g/mol. The predicted molar refractivity (Wildman–Crippen MR) is 91.4 cm³/mol. The van der Waals surface area contributed by atoms with Gasteiger partial charge < -0.3 is 14.8 Å². The number of rotatable bonds is 5. The molecule has 1 saturated carbocycles. The van der Waals surface area contributed by atoms with Crippen molar-refractivity contribution in [3.63, 3.8) is 0 Å². The first kappa shape index (κ1) is 17.1. The van der Waals surface area contributed by atoms with E-state index in [1.165, 1.54) is 0 Å². The van der Waals surface area contributed by atoms with Crippen LogP contribution in [0, 0.1) is 5.92 Å². The SMILES string of the molecule is O=CC1(N2CCNCC2)CCC(C(=O)OCc2ccccc2)CC1. The van der Waals surface area contributed by atoms with E-state index in [-0.39, 0.29) is 17.4 Å². The highest BCUT2D eigenvalue weighted by atomic mass is 16.5. The van der Waals surface area contributed by atoms with Crippen molar-refractivity contribution in [3.8, 4) is 0 Å². The molecule has 130 valence electrons. The highest BCUT2D eigenvalue weighted by Crippen LogP contribution is 2.36. The number of piperazine rings is 1. The fourth-order valence-corrected chi connectivity index (χ4v) is 3.82. The minimum absolute atomic E-state index is 0.0790. The summed E-state index contributed by atoms with van der Waals surface area (Å²) in [5, 5.41) is 3.32. The van der Waals surface area contributed by atoms with Crippen molar-refractivity contribution in [3.05, 3.63) is 35.9 Å². The van der Waals surface area contributed by atoms with Crippen LogP contribution >= 0.6 is 0 Å². The third-order valence-electron chi connectivity index (χ3n) is 5.37. The van der Waals surface area contributed by atoms with Gasteiger partial charge >= 0.3 is 5.97 Å². The molecule has 1 aromatic carbocycles. The number of nitrogens with one attached hydrogen (secondary N) is 1. The fourth-order valence-electron chi connectivity index (χ4n) is 3.82. The summed E-state index contributed by atoms with van der Waals surface area (Å²) < 4.78 is 5.46. The Balaban J connectivity index is 1.51. The number of ether oxygens (including phenoxy) is 1. The van der Waals surface area contributed by atoms with Gasteiger partial charge in [0.15, 0.2) is 0 Å². The van der Waals surface area contributed by atoms with E-state index in [1.807, 2.05) is 30.3 Å². The van der Waals surface area contributed by atoms with Crippen LogP contribution in [0.4, 0.5) is 0 Å². The van der Waals surface area contributed by atoms with Crippen LogP contribution in [0.25, 0.3) is 0 Å². The largest absolute Gasteiger partial charge is 0.461 e. The van der Waals surface area contributed by atoms with Gasteiger partial charge in [-0.2, -0.15) is 0 Å². The molecule has 5 nitrogen and oxygen atoms in total. The zero-order valence-electron chi connectivity index (χ0n) is 14.1. The summed E-state index contributed by atoms with van der Waals surface area (Å²) in [4.78, 5) is 26.4. The second-order valence-corrected chi connectivity index (χ2v) is 6.83. The van der Waals surface area contributed by atoms with Crippen LogP contribution in [0.1, 0.15) is 31.2 Å². The number of carbonyl (C=O) groups excluding carboxylic acids is 2. The highest BCUT2D eigenvalue weighted by molar-refractivity contribution is 5.73. The Kier molecular flexibility index (Phi) is 5.63. The van der Waals surface area contributed by atoms with Crippen LogP contribution < -0.4 is 5.32 Å². The number of hydrogen-bond acceptors (Lipinski definition) is 5. The Labute approximate surface area is 143 Å². The van der Waals surface area contributed by atoms with Gasteiger partial charge in [0.2, 0.25) is 0 Å². The Morgan fingerprint density at radius 1 is 1.21 bits per heavy atom. The van der Waals surface area contributed by atoms with E-state index in [4.69, 9.17) is 4.74 Å². The van der Waals surface area contributed by atoms with Crippen molar-refractivity contribution in [2.45, 2.75) is 37.8 Å². The lowest BCUT2D eigenvalue weighted by atomic mass is 9.76. The molecule has 5 heteroatoms. The summed E-state index contributed by atoms with van der Waals surface area (Å²) in [5.74, 6) is -0.205. The second-order valence-electron chi connectivity index (χ2n) is 6.83. The molecule has 1 aliphatic carbocycles. The van der Waals surface area contributed by atoms with Gasteiger partial charge in [0.05, 0.1) is 11.5 Å². The quantitative estimate of drug-likeness (QED) is 0.658. The Morgan fingerprint density at radius 2 is 1.88 bits per heavy atom. The van der Waals surface area contributed by atoms with Crippen LogP contribution in [0.2, 0.25) is 0 Å². The van der Waals surface area contributed by atoms with E-state index in [0.717, 1.165) is 63.7 Å². The summed E-state index contributed by atoms with van der Waals surface area (Å²) in [5.41, 5.74) is 0.628. The molecule has 1 aliphatic heterocycles. The molecule has 1 heterocycles. The van der Waals surface area contributed by atoms with E-state index in [9.17, 15) is 9.59 Å². The summed E-state index contributed by atoms with van der Waals surface area (Å²) in [7, 11) is 0. The Hall–Kier alpha value is -1.72. The van der Waals surface area contributed by atoms with E-state index in [0.29, 0.717) is 6.61 Å². The van der Waals surface area contributed by atoms with Crippen LogP contribution in [0.15, 0.2) is 30.3 Å². The topological polar surface area (TPSA) is 58.6 Å². The summed E-state index contributed by atoms with van der Waals surface area (Å²) >= 11 is 0. The van der Waals surface area contributed by atoms with Gasteiger partial charge in [0.25, 0.3) is 0 Å². The van der Waals surface area contributed by atoms with Gasteiger partial charge in [-0.05, 0) is 31.2 Å². The van der Waals surface area contributed by atoms with Crippen LogP contribution in [0.5, 0.6) is 0 Å². The lowest BCUT2D eigenvalue weighted by Gasteiger charge is -2.45. The van der Waals surface area contributed by atoms with Gasteiger partial charge in [-0.3, -0.25) is 9.69 Å². The number of carbonyl (C=O) groups is 2. The Bertz CT molecular complexity index is 547. The normalized spacial score (nSPS) is 28.2. The van der Waals surface area contributed by atoms with Crippen molar-refractivity contribution in [2.24, 2.45) is 5.92 Å². The molecule has 1 saturated heterocycles. The minimum atomic E-state index is -0.377. The number of aldehydes is 1. The molecule has 3 rings (SSSR count). The van der Waals surface area contributed by atoms with Gasteiger partial charge in [0.1, 0.15) is 12.9 Å². The molecular formula is C19H26N2O3. The molecule has 0 unspecified atom stereocenters. The zero-order chi connectivity index (χ0) is 16.8. The van der Waals surface area contributed by atoms with Crippen molar-refractivity contribution < 1.29 is 14.3 Å². The molecule has 1 N–H and O–H groups in total. The van der Waals surface area contributed by atoms with Crippen molar-refractivity contribution in [2.75, 3.05) is 26.2 Å². The fraction of sp³-hybridized carbons (Fsp3) is 0.579. The molecule has 0 bridgehead atoms. The van der Waals surface area contributed by atoms with E-state index < -0.39 is 0 Å². The molecule has 1 aromatic rings. The van der Waals surface area contributed by atoms with Gasteiger partial charge in [-0.15, -0.1) is 0 Å². The average molecular weight is 330 g/mol. The zero-order valence-corrected chi connectivity index (χ0v) is 14.1. The molecule has 24 heavy (non-hydrogen) atoms. The molecule has 0 radical (unpaired) electrons. The average Bonchev–Trinajstić information content (AvgIpc) is 2.67. The van der Waals surface area contributed by atoms with E-state index in [1.54, 1.807) is 0 Å². The molecular weight excluding hydrogens is 304 g/mol. The summed E-state index contributed by atoms with van der Waals surface area (Å²) in [6.45, 7) is 3.99. The lowest BCUT2D eigenvalue weighted by molar-refractivity contribution is -0.153. The van der Waals surface area contributed by atoms with E-state index in [2.05, 4.69) is 10.2 Å². The van der Waals surface area contributed by atoms with Crippen molar-refractivity contribution in [1.82, 2.24) is 10.2 Å². The molecule has 2 fully saturated rings. The number of nitrogens with zero attached hydrogens (tertiary/aromatic N) is 1. The second kappa shape index (κ2) is 7.90. The van der Waals surface area contributed by atoms with Crippen LogP contribution in [-0.4, -0.2) is 48.9 Å². The maximum Gasteiger partial charge on any atom is 0.309 e. The lowest BCUT2D eigenvalue weighted by Crippen LogP contribution is -2.58. The molecule has 0 atom stereocenters. The number of hydrogen-bond donors (Lipinski definition) is 1. The summed E-state index contributed by atoms with van der Waals surface area (Å²) in [6, 6.07) is 9.74. The summed E-state index contributed by atoms with van der Waals surface area (Å²) in [6.07, 6.45) is 4.08. The standard InChI is InChI=1S/C19H26N2O3/c22-15-19(21-12-10-20-11-13-21)8-6-17(7-9-19)18(23)24-14-16-4-2-1-3-5-16/h1-5,15,17,20H,6-14H2. The van der Waals surface area contributed by atoms with Gasteiger partial charge in [-0.1, -0.05) is 30.3 Å². The number of benzene rings is 1. The molecule has 0 aromatic heterocycles. The van der Waals surface area contributed by atoms with Gasteiger partial charge in [-0.25, -0.2) is 0 Å².